The number of aromatic nitrogens is 2. The van der Waals surface area contributed by atoms with Crippen LogP contribution >= 0.6 is 0 Å². The molecule has 0 saturated heterocycles. The highest BCUT2D eigenvalue weighted by molar-refractivity contribution is 5.79. The van der Waals surface area contributed by atoms with E-state index in [9.17, 15) is 0 Å². The van der Waals surface area contributed by atoms with Crippen LogP contribution < -0.4 is 0 Å². The molecule has 0 atom stereocenters. The van der Waals surface area contributed by atoms with Gasteiger partial charge in [0, 0.05) is 11.6 Å². The fourth-order valence-electron chi connectivity index (χ4n) is 1.01. The van der Waals surface area contributed by atoms with E-state index in [-0.39, 0.29) is 0 Å². The van der Waals surface area contributed by atoms with Crippen molar-refractivity contribution in [3.63, 3.8) is 0 Å². The average molecular weight is 143 g/mol. The van der Waals surface area contributed by atoms with Crippen molar-refractivity contribution in [2.75, 3.05) is 0 Å². The molecule has 0 aliphatic carbocycles. The zero-order valence-electron chi connectivity index (χ0n) is 5.70. The van der Waals surface area contributed by atoms with Crippen LogP contribution in [0.4, 0.5) is 0 Å². The third-order valence-electron chi connectivity index (χ3n) is 1.55. The molecule has 3 heteroatoms. The molecule has 2 aromatic rings. The Hall–Kier alpha value is -1.82. The highest BCUT2D eigenvalue weighted by Crippen LogP contribution is 2.10. The Labute approximate surface area is 63.3 Å². The molecule has 3 nitrogen and oxygen atoms in total. The predicted octanol–water partition coefficient (Wildman–Crippen LogP) is 1.43. The van der Waals surface area contributed by atoms with Gasteiger partial charge in [0.1, 0.15) is 11.8 Å². The second-order valence-electron chi connectivity index (χ2n) is 2.25. The van der Waals surface area contributed by atoms with E-state index in [0.717, 1.165) is 10.9 Å². The molecular weight excluding hydrogens is 138 g/mol. The third kappa shape index (κ3) is 0.849. The Kier molecular flexibility index (Phi) is 1.13. The predicted molar refractivity (Wildman–Crippen MR) is 40.8 cm³/mol. The van der Waals surface area contributed by atoms with E-state index in [0.29, 0.717) is 5.69 Å². The molecule has 2 heterocycles. The Bertz CT molecular complexity index is 422. The molecule has 0 radical (unpaired) electrons. The van der Waals surface area contributed by atoms with Gasteiger partial charge in [-0.2, -0.15) is 5.26 Å². The molecule has 0 saturated carbocycles. The molecule has 11 heavy (non-hydrogen) atoms. The largest absolute Gasteiger partial charge is 0.360 e. The molecule has 0 aliphatic rings. The van der Waals surface area contributed by atoms with E-state index in [2.05, 4.69) is 9.97 Å². The van der Waals surface area contributed by atoms with Gasteiger partial charge in [-0.15, -0.1) is 0 Å². The van der Waals surface area contributed by atoms with Gasteiger partial charge in [-0.25, -0.2) is 4.98 Å². The maximum Gasteiger partial charge on any atom is 0.141 e. The van der Waals surface area contributed by atoms with E-state index in [1.807, 2.05) is 18.3 Å². The molecule has 0 aliphatic heterocycles. The maximum absolute atomic E-state index is 8.51. The fourth-order valence-corrected chi connectivity index (χ4v) is 1.01. The summed E-state index contributed by atoms with van der Waals surface area (Å²) in [5.41, 5.74) is 1.42. The lowest BCUT2D eigenvalue weighted by molar-refractivity contribution is 1.28. The lowest BCUT2D eigenvalue weighted by atomic mass is 10.3. The Balaban J connectivity index is 2.79. The summed E-state index contributed by atoms with van der Waals surface area (Å²) in [6.45, 7) is 0. The lowest BCUT2D eigenvalue weighted by Gasteiger charge is -1.87. The second-order valence-corrected chi connectivity index (χ2v) is 2.25. The number of nitrogens with zero attached hydrogens (tertiary/aromatic N) is 2. The van der Waals surface area contributed by atoms with Crippen molar-refractivity contribution in [2.24, 2.45) is 0 Å². The number of pyridine rings is 1. The monoisotopic (exact) mass is 143 g/mol. The quantitative estimate of drug-likeness (QED) is 0.606. The number of aromatic amines is 1. The molecule has 0 aromatic carbocycles. The molecule has 0 spiro atoms. The first-order valence-corrected chi connectivity index (χ1v) is 3.23. The van der Waals surface area contributed by atoms with Crippen molar-refractivity contribution >= 4 is 10.9 Å². The Morgan fingerprint density at radius 1 is 1.55 bits per heavy atom. The SMILES string of the molecule is N#Cc1cc2cc[nH]c2cn1. The average Bonchev–Trinajstić information content (AvgIpc) is 2.50. The first kappa shape index (κ1) is 5.93. The molecule has 0 fully saturated rings. The van der Waals surface area contributed by atoms with E-state index >= 15 is 0 Å². The minimum Gasteiger partial charge on any atom is -0.360 e. The van der Waals surface area contributed by atoms with Crippen LogP contribution in [0.3, 0.4) is 0 Å². The van der Waals surface area contributed by atoms with Crippen LogP contribution in [-0.4, -0.2) is 9.97 Å². The normalized spacial score (nSPS) is 9.73. The minimum atomic E-state index is 0.456. The van der Waals surface area contributed by atoms with Crippen molar-refractivity contribution in [1.29, 1.82) is 5.26 Å². The summed E-state index contributed by atoms with van der Waals surface area (Å²) < 4.78 is 0. The number of hydrogen-bond donors (Lipinski definition) is 1. The van der Waals surface area contributed by atoms with E-state index in [1.165, 1.54) is 0 Å². The van der Waals surface area contributed by atoms with Crippen LogP contribution in [0.15, 0.2) is 24.5 Å². The van der Waals surface area contributed by atoms with Gasteiger partial charge in [0.2, 0.25) is 0 Å². The van der Waals surface area contributed by atoms with Crippen LogP contribution in [0.25, 0.3) is 10.9 Å². The number of H-pyrrole nitrogens is 1. The van der Waals surface area contributed by atoms with Crippen molar-refractivity contribution in [1.82, 2.24) is 9.97 Å². The van der Waals surface area contributed by atoms with Gasteiger partial charge in [-0.1, -0.05) is 0 Å². The number of nitriles is 1. The molecule has 2 aromatic heterocycles. The molecule has 0 unspecified atom stereocenters. The summed E-state index contributed by atoms with van der Waals surface area (Å²) in [6.07, 6.45) is 3.49. The summed E-state index contributed by atoms with van der Waals surface area (Å²) >= 11 is 0. The molecule has 2 rings (SSSR count). The zero-order valence-corrected chi connectivity index (χ0v) is 5.70. The van der Waals surface area contributed by atoms with Gasteiger partial charge in [-0.3, -0.25) is 0 Å². The van der Waals surface area contributed by atoms with Gasteiger partial charge in [-0.05, 0) is 12.1 Å². The first-order chi connectivity index (χ1) is 5.40. The standard InChI is InChI=1S/C8H5N3/c9-4-7-3-6-1-2-10-8(6)5-11-7/h1-3,5,10H. The summed E-state index contributed by atoms with van der Waals surface area (Å²) in [6, 6.07) is 5.65. The topological polar surface area (TPSA) is 52.5 Å². The van der Waals surface area contributed by atoms with Crippen LogP contribution in [0.2, 0.25) is 0 Å². The smallest absolute Gasteiger partial charge is 0.141 e. The zero-order chi connectivity index (χ0) is 7.68. The minimum absolute atomic E-state index is 0.456. The van der Waals surface area contributed by atoms with Crippen molar-refractivity contribution in [3.05, 3.63) is 30.2 Å². The molecule has 52 valence electrons. The van der Waals surface area contributed by atoms with E-state index in [4.69, 9.17) is 5.26 Å². The summed E-state index contributed by atoms with van der Waals surface area (Å²) in [5.74, 6) is 0. The van der Waals surface area contributed by atoms with Gasteiger partial charge >= 0.3 is 0 Å². The highest BCUT2D eigenvalue weighted by atomic mass is 14.7. The van der Waals surface area contributed by atoms with Gasteiger partial charge in [0.25, 0.3) is 0 Å². The van der Waals surface area contributed by atoms with Crippen LogP contribution in [-0.2, 0) is 0 Å². The van der Waals surface area contributed by atoms with Crippen molar-refractivity contribution < 1.29 is 0 Å². The lowest BCUT2D eigenvalue weighted by Crippen LogP contribution is -1.79. The third-order valence-corrected chi connectivity index (χ3v) is 1.55. The summed E-state index contributed by atoms with van der Waals surface area (Å²) in [4.78, 5) is 6.90. The van der Waals surface area contributed by atoms with Crippen molar-refractivity contribution in [3.8, 4) is 6.07 Å². The highest BCUT2D eigenvalue weighted by Gasteiger charge is 1.95. The Morgan fingerprint density at radius 3 is 3.27 bits per heavy atom. The van der Waals surface area contributed by atoms with Crippen LogP contribution in [0.1, 0.15) is 5.69 Å². The van der Waals surface area contributed by atoms with Crippen LogP contribution in [0.5, 0.6) is 0 Å². The maximum atomic E-state index is 8.51. The molecule has 0 amide bonds. The molecular formula is C8H5N3. The van der Waals surface area contributed by atoms with Gasteiger partial charge < -0.3 is 4.98 Å². The van der Waals surface area contributed by atoms with Crippen LogP contribution in [0, 0.1) is 11.3 Å². The summed E-state index contributed by atoms with van der Waals surface area (Å²) in [5, 5.41) is 9.54. The number of hydrogen-bond acceptors (Lipinski definition) is 2. The Morgan fingerprint density at radius 2 is 2.45 bits per heavy atom. The molecule has 1 N–H and O–H groups in total. The number of fused-ring (bicyclic) bond motifs is 1. The number of rotatable bonds is 0. The first-order valence-electron chi connectivity index (χ1n) is 3.23. The van der Waals surface area contributed by atoms with E-state index < -0.39 is 0 Å². The number of nitrogens with one attached hydrogen (secondary N) is 1. The van der Waals surface area contributed by atoms with Gasteiger partial charge in [0.15, 0.2) is 0 Å². The van der Waals surface area contributed by atoms with Gasteiger partial charge in [0.05, 0.1) is 11.7 Å². The van der Waals surface area contributed by atoms with E-state index in [1.54, 1.807) is 12.3 Å². The molecule has 0 bridgehead atoms. The van der Waals surface area contributed by atoms with Crippen molar-refractivity contribution in [2.45, 2.75) is 0 Å². The second kappa shape index (κ2) is 2.10. The summed E-state index contributed by atoms with van der Waals surface area (Å²) in [7, 11) is 0. The fraction of sp³-hybridized carbons (Fsp3) is 0.